The van der Waals surface area contributed by atoms with Crippen LogP contribution in [0.15, 0.2) is 73.1 Å². The molecule has 36 heavy (non-hydrogen) atoms. The molecule has 1 N–H and O–H groups in total. The van der Waals surface area contributed by atoms with Gasteiger partial charge in [-0.2, -0.15) is 0 Å². The number of para-hydroxylation sites is 1. The molecule has 1 unspecified atom stereocenters. The summed E-state index contributed by atoms with van der Waals surface area (Å²) in [6.45, 7) is 2.09. The number of nitrogens with zero attached hydrogens (tertiary/aromatic N) is 4. The number of nitro groups is 1. The van der Waals surface area contributed by atoms with E-state index in [9.17, 15) is 10.1 Å². The van der Waals surface area contributed by atoms with Gasteiger partial charge in [0.25, 0.3) is 5.69 Å². The number of anilines is 2. The van der Waals surface area contributed by atoms with Crippen molar-refractivity contribution in [3.8, 4) is 23.3 Å². The van der Waals surface area contributed by atoms with Gasteiger partial charge in [-0.1, -0.05) is 30.0 Å². The zero-order valence-corrected chi connectivity index (χ0v) is 19.6. The minimum Gasteiger partial charge on any atom is -0.457 e. The molecular formula is C28H23N5O3. The average molecular weight is 478 g/mol. The number of ether oxygens (including phenoxy) is 1. The number of fused-ring (bicyclic) bond motifs is 2. The van der Waals surface area contributed by atoms with Crippen LogP contribution in [0.5, 0.6) is 11.5 Å². The Balaban J connectivity index is 1.25. The van der Waals surface area contributed by atoms with Gasteiger partial charge in [0.2, 0.25) is 0 Å². The number of likely N-dealkylation sites (tertiary alicyclic amines) is 1. The maximum atomic E-state index is 11.9. The predicted molar refractivity (Wildman–Crippen MR) is 137 cm³/mol. The number of rotatable bonds is 5. The van der Waals surface area contributed by atoms with Crippen LogP contribution in [0.1, 0.15) is 5.56 Å². The van der Waals surface area contributed by atoms with E-state index in [2.05, 4.69) is 39.1 Å². The topological polar surface area (TPSA) is 93.4 Å². The van der Waals surface area contributed by atoms with Crippen LogP contribution in [0, 0.1) is 39.7 Å². The van der Waals surface area contributed by atoms with Crippen molar-refractivity contribution in [3.05, 3.63) is 88.7 Å². The molecule has 4 aromatic rings. The first-order chi connectivity index (χ1) is 17.5. The van der Waals surface area contributed by atoms with E-state index in [1.807, 2.05) is 54.6 Å². The molecule has 178 valence electrons. The first kappa shape index (κ1) is 22.0. The highest BCUT2D eigenvalue weighted by molar-refractivity contribution is 5.93. The Morgan fingerprint density at radius 3 is 2.47 bits per heavy atom. The number of benzene rings is 3. The molecule has 0 bridgehead atoms. The number of nitrogens with one attached hydrogen (secondary N) is 1. The zero-order valence-electron chi connectivity index (χ0n) is 19.6. The minimum atomic E-state index is -0.391. The Morgan fingerprint density at radius 1 is 1.03 bits per heavy atom. The number of piperidine rings is 1. The maximum absolute atomic E-state index is 11.9. The molecule has 0 radical (unpaired) electrons. The van der Waals surface area contributed by atoms with Crippen molar-refractivity contribution in [1.82, 2.24) is 14.9 Å². The Bertz CT molecular complexity index is 1500. The lowest BCUT2D eigenvalue weighted by Crippen LogP contribution is -2.18. The summed E-state index contributed by atoms with van der Waals surface area (Å²) in [6.07, 6.45) is 1.45. The highest BCUT2D eigenvalue weighted by atomic mass is 16.6. The summed E-state index contributed by atoms with van der Waals surface area (Å²) in [5.74, 6) is 9.80. The van der Waals surface area contributed by atoms with E-state index < -0.39 is 4.92 Å². The van der Waals surface area contributed by atoms with E-state index in [-0.39, 0.29) is 5.69 Å². The van der Waals surface area contributed by atoms with E-state index >= 15 is 0 Å². The van der Waals surface area contributed by atoms with Crippen molar-refractivity contribution in [1.29, 1.82) is 0 Å². The van der Waals surface area contributed by atoms with Crippen molar-refractivity contribution >= 4 is 28.1 Å². The second kappa shape index (κ2) is 8.95. The van der Waals surface area contributed by atoms with Gasteiger partial charge in [-0.3, -0.25) is 10.1 Å². The van der Waals surface area contributed by atoms with Gasteiger partial charge < -0.3 is 15.0 Å². The predicted octanol–water partition coefficient (Wildman–Crippen LogP) is 5.23. The summed E-state index contributed by atoms with van der Waals surface area (Å²) >= 11 is 0. The Morgan fingerprint density at radius 2 is 1.75 bits per heavy atom. The van der Waals surface area contributed by atoms with Gasteiger partial charge in [0.15, 0.2) is 0 Å². The molecule has 2 heterocycles. The summed E-state index contributed by atoms with van der Waals surface area (Å²) in [5, 5.41) is 15.7. The molecule has 1 aliphatic carbocycles. The normalized spacial score (nSPS) is 20.3. The van der Waals surface area contributed by atoms with Crippen molar-refractivity contribution in [2.75, 3.05) is 25.5 Å². The highest BCUT2D eigenvalue weighted by Crippen LogP contribution is 2.50. The van der Waals surface area contributed by atoms with Gasteiger partial charge in [-0.05, 0) is 61.3 Å². The second-order valence-corrected chi connectivity index (χ2v) is 9.27. The quantitative estimate of drug-likeness (QED) is 0.239. The number of hydrogen-bond donors (Lipinski definition) is 1. The Hall–Kier alpha value is -4.48. The summed E-state index contributed by atoms with van der Waals surface area (Å²) in [5.41, 5.74) is 1.72. The molecule has 0 amide bonds. The fraction of sp³-hybridized carbons (Fsp3) is 0.214. The van der Waals surface area contributed by atoms with Crippen LogP contribution in [0.25, 0.3) is 10.9 Å². The summed E-state index contributed by atoms with van der Waals surface area (Å²) in [4.78, 5) is 22.5. The standard InChI is InChI=1S/C28H23N5O3/c1-32-15-24-22(25(24)16-32)12-7-18-13-26-23(14-27(18)33(34)35)28(30-17-29-26)31-19-8-10-21(11-9-19)36-20-5-3-2-4-6-20/h2-6,8-11,13-14,17,22,24-25H,15-16H2,1H3,(H,29,30,31)/t22?,24-,25+. The lowest BCUT2D eigenvalue weighted by molar-refractivity contribution is -0.385. The van der Waals surface area contributed by atoms with Crippen LogP contribution in [0.4, 0.5) is 17.2 Å². The van der Waals surface area contributed by atoms with E-state index in [0.717, 1.165) is 24.5 Å². The largest absolute Gasteiger partial charge is 0.457 e. The van der Waals surface area contributed by atoms with E-state index in [1.165, 1.54) is 12.4 Å². The molecule has 0 spiro atoms. The molecule has 1 saturated heterocycles. The lowest BCUT2D eigenvalue weighted by atomic mass is 10.1. The van der Waals surface area contributed by atoms with Crippen molar-refractivity contribution in [3.63, 3.8) is 0 Å². The molecule has 2 fully saturated rings. The number of hydrogen-bond acceptors (Lipinski definition) is 7. The van der Waals surface area contributed by atoms with Crippen LogP contribution >= 0.6 is 0 Å². The smallest absolute Gasteiger partial charge is 0.285 e. The van der Waals surface area contributed by atoms with Gasteiger partial charge in [-0.25, -0.2) is 9.97 Å². The molecule has 8 nitrogen and oxygen atoms in total. The third kappa shape index (κ3) is 4.32. The van der Waals surface area contributed by atoms with Gasteiger partial charge in [0.05, 0.1) is 10.4 Å². The molecule has 3 atom stereocenters. The van der Waals surface area contributed by atoms with E-state index in [0.29, 0.717) is 45.8 Å². The fourth-order valence-electron chi connectivity index (χ4n) is 4.92. The number of nitro benzene ring substituents is 1. The Kier molecular flexibility index (Phi) is 5.47. The van der Waals surface area contributed by atoms with Gasteiger partial charge in [-0.15, -0.1) is 0 Å². The minimum absolute atomic E-state index is 0.0395. The summed E-state index contributed by atoms with van der Waals surface area (Å²) in [6, 6.07) is 20.2. The molecule has 6 rings (SSSR count). The van der Waals surface area contributed by atoms with Crippen molar-refractivity contribution in [2.45, 2.75) is 0 Å². The molecule has 2 aliphatic rings. The molecule has 1 aromatic heterocycles. The van der Waals surface area contributed by atoms with E-state index in [4.69, 9.17) is 4.74 Å². The highest BCUT2D eigenvalue weighted by Gasteiger charge is 2.54. The zero-order chi connectivity index (χ0) is 24.6. The Labute approximate surface area is 208 Å². The third-order valence-corrected chi connectivity index (χ3v) is 6.80. The summed E-state index contributed by atoms with van der Waals surface area (Å²) in [7, 11) is 2.11. The fourth-order valence-corrected chi connectivity index (χ4v) is 4.92. The SMILES string of the molecule is CN1C[C@@H]2C(C#Cc3cc4ncnc(Nc5ccc(Oc6ccccc6)cc5)c4cc3[N+](=O)[O-])[C@@H]2C1. The lowest BCUT2D eigenvalue weighted by Gasteiger charge is -2.10. The van der Waals surface area contributed by atoms with Crippen LogP contribution in [-0.4, -0.2) is 39.9 Å². The van der Waals surface area contributed by atoms with Crippen LogP contribution < -0.4 is 10.1 Å². The molecule has 1 saturated carbocycles. The summed E-state index contributed by atoms with van der Waals surface area (Å²) < 4.78 is 5.84. The van der Waals surface area contributed by atoms with E-state index in [1.54, 1.807) is 6.07 Å². The van der Waals surface area contributed by atoms with Gasteiger partial charge in [0, 0.05) is 36.1 Å². The molecular weight excluding hydrogens is 454 g/mol. The van der Waals surface area contributed by atoms with Crippen LogP contribution in [0.2, 0.25) is 0 Å². The third-order valence-electron chi connectivity index (χ3n) is 6.80. The monoisotopic (exact) mass is 477 g/mol. The van der Waals surface area contributed by atoms with Gasteiger partial charge >= 0.3 is 0 Å². The molecule has 1 aliphatic heterocycles. The van der Waals surface area contributed by atoms with Crippen LogP contribution in [0.3, 0.4) is 0 Å². The number of aromatic nitrogens is 2. The van der Waals surface area contributed by atoms with Gasteiger partial charge in [0.1, 0.15) is 29.2 Å². The van der Waals surface area contributed by atoms with Crippen LogP contribution in [-0.2, 0) is 0 Å². The maximum Gasteiger partial charge on any atom is 0.285 e. The first-order valence-corrected chi connectivity index (χ1v) is 11.8. The molecule has 8 heteroatoms. The molecule has 3 aromatic carbocycles. The van der Waals surface area contributed by atoms with Crippen molar-refractivity contribution in [2.24, 2.45) is 17.8 Å². The average Bonchev–Trinajstić information content (AvgIpc) is 3.35. The second-order valence-electron chi connectivity index (χ2n) is 9.27. The first-order valence-electron chi connectivity index (χ1n) is 11.8. The van der Waals surface area contributed by atoms with Crippen molar-refractivity contribution < 1.29 is 9.66 Å².